The van der Waals surface area contributed by atoms with Crippen LogP contribution in [0.3, 0.4) is 0 Å². The third-order valence-electron chi connectivity index (χ3n) is 7.18. The zero-order valence-corrected chi connectivity index (χ0v) is 22.6. The quantitative estimate of drug-likeness (QED) is 0.234. The first-order chi connectivity index (χ1) is 18.5. The van der Waals surface area contributed by atoms with Gasteiger partial charge in [0.2, 0.25) is 17.7 Å². The summed E-state index contributed by atoms with van der Waals surface area (Å²) in [5, 5.41) is 8.80. The number of fused-ring (bicyclic) bond motifs is 5. The predicted molar refractivity (Wildman–Crippen MR) is 151 cm³/mol. The Kier molecular flexibility index (Phi) is 7.97. The second kappa shape index (κ2) is 11.6. The minimum atomic E-state index is -0.307. The average Bonchev–Trinajstić information content (AvgIpc) is 3.46. The molecule has 3 aromatic rings. The van der Waals surface area contributed by atoms with Gasteiger partial charge in [-0.25, -0.2) is 4.68 Å². The molecule has 1 fully saturated rings. The van der Waals surface area contributed by atoms with Crippen molar-refractivity contribution in [3.8, 4) is 22.5 Å². The zero-order chi connectivity index (χ0) is 26.6. The predicted octanol–water partition coefficient (Wildman–Crippen LogP) is 4.29. The highest BCUT2D eigenvalue weighted by molar-refractivity contribution is 8.00. The minimum Gasteiger partial charge on any atom is -0.307 e. The molecule has 0 aliphatic carbocycles. The molecule has 3 amide bonds. The lowest BCUT2D eigenvalue weighted by Gasteiger charge is -2.29. The monoisotopic (exact) mass is 528 g/mol. The van der Waals surface area contributed by atoms with Crippen LogP contribution in [0.2, 0.25) is 12.6 Å². The van der Waals surface area contributed by atoms with E-state index in [-0.39, 0.29) is 42.4 Å². The van der Waals surface area contributed by atoms with Gasteiger partial charge in [0.15, 0.2) is 0 Å². The number of carbonyl (C=O) groups excluding carboxylic acids is 3. The molecule has 1 atom stereocenters. The number of hydrogen-bond acceptors (Lipinski definition) is 6. The van der Waals surface area contributed by atoms with Crippen LogP contribution in [-0.2, 0) is 27.5 Å². The molecule has 195 valence electrons. The number of imide groups is 1. The number of amides is 3. The van der Waals surface area contributed by atoms with Gasteiger partial charge in [0.05, 0.1) is 23.2 Å². The first-order valence-electron chi connectivity index (χ1n) is 13.1. The van der Waals surface area contributed by atoms with Crippen molar-refractivity contribution >= 4 is 42.5 Å². The van der Waals surface area contributed by atoms with Gasteiger partial charge in [-0.2, -0.15) is 11.8 Å². The summed E-state index contributed by atoms with van der Waals surface area (Å²) in [6, 6.07) is 15.9. The van der Waals surface area contributed by atoms with E-state index in [1.165, 1.54) is 16.7 Å². The van der Waals surface area contributed by atoms with Crippen LogP contribution in [0.5, 0.6) is 0 Å². The van der Waals surface area contributed by atoms with E-state index >= 15 is 0 Å². The molecule has 1 aromatic heterocycles. The van der Waals surface area contributed by atoms with Crippen LogP contribution in [0.4, 0.5) is 5.69 Å². The molecule has 0 N–H and O–H groups in total. The molecule has 1 saturated heterocycles. The van der Waals surface area contributed by atoms with E-state index < -0.39 is 0 Å². The molecule has 10 heteroatoms. The van der Waals surface area contributed by atoms with Gasteiger partial charge in [-0.3, -0.25) is 19.3 Å². The Bertz CT molecular complexity index is 1360. The smallest absolute Gasteiger partial charge is 0.242 e. The number of hydrogen-bond donors (Lipinski definition) is 0. The average molecular weight is 528 g/mol. The summed E-state index contributed by atoms with van der Waals surface area (Å²) < 4.78 is 1.97. The Morgan fingerprint density at radius 2 is 1.84 bits per heavy atom. The van der Waals surface area contributed by atoms with Crippen LogP contribution in [-0.4, -0.2) is 62.9 Å². The molecule has 2 aromatic carbocycles. The number of likely N-dealkylation sites (tertiary alicyclic amines) is 1. The fourth-order valence-electron chi connectivity index (χ4n) is 5.21. The first-order valence-corrected chi connectivity index (χ1v) is 14.4. The van der Waals surface area contributed by atoms with Gasteiger partial charge in [-0.15, -0.1) is 5.10 Å². The topological polar surface area (TPSA) is 88.4 Å². The fourth-order valence-corrected chi connectivity index (χ4v) is 5.85. The number of aryl methyl sites for hydroxylation is 1. The molecule has 38 heavy (non-hydrogen) atoms. The fraction of sp³-hybridized carbons (Fsp3) is 0.393. The van der Waals surface area contributed by atoms with Crippen LogP contribution in [0.15, 0.2) is 48.5 Å². The standard InChI is InChI=1S/C28H31BN5O3S/c1-3-29-14-16-34-27-20-10-5-4-9-19(20)18-33(22-12-7-6-11-21(22)26(27)30-31-34)24(35)13-8-15-32-25(36)17-23(38-2)28(32)37/h4-7,9-12,23H,3,8,13-18H2,1-2H3. The Morgan fingerprint density at radius 3 is 2.61 bits per heavy atom. The number of rotatable bonds is 9. The molecule has 1 radical (unpaired) electrons. The Balaban J connectivity index is 1.44. The van der Waals surface area contributed by atoms with Crippen molar-refractivity contribution in [3.05, 3.63) is 54.1 Å². The SMILES string of the molecule is CC[B]CCn1nnc2c1-c1ccccc1CN(C(=O)CCCN1C(=O)CC(SC)C1=O)c1ccccc1-2. The van der Waals surface area contributed by atoms with Gasteiger partial charge < -0.3 is 4.90 Å². The summed E-state index contributed by atoms with van der Waals surface area (Å²) in [4.78, 5) is 41.6. The van der Waals surface area contributed by atoms with E-state index in [0.29, 0.717) is 13.0 Å². The first kappa shape index (κ1) is 26.2. The molecule has 0 saturated carbocycles. The van der Waals surface area contributed by atoms with Crippen LogP contribution >= 0.6 is 11.8 Å². The molecule has 3 heterocycles. The van der Waals surface area contributed by atoms with Crippen LogP contribution < -0.4 is 4.90 Å². The third-order valence-corrected chi connectivity index (χ3v) is 8.12. The molecule has 2 aliphatic heterocycles. The molecule has 8 nitrogen and oxygen atoms in total. The Morgan fingerprint density at radius 1 is 1.08 bits per heavy atom. The third kappa shape index (κ3) is 5.01. The van der Waals surface area contributed by atoms with Crippen LogP contribution in [0.25, 0.3) is 22.5 Å². The van der Waals surface area contributed by atoms with Gasteiger partial charge in [0, 0.05) is 37.1 Å². The largest absolute Gasteiger partial charge is 0.307 e. The van der Waals surface area contributed by atoms with Gasteiger partial charge in [-0.05, 0) is 24.3 Å². The minimum absolute atomic E-state index is 0.0545. The molecule has 2 aliphatic rings. The molecule has 1 unspecified atom stereocenters. The van der Waals surface area contributed by atoms with Gasteiger partial charge in [-0.1, -0.05) is 67.2 Å². The summed E-state index contributed by atoms with van der Waals surface area (Å²) in [7, 11) is 2.24. The lowest BCUT2D eigenvalue weighted by atomic mass is 9.72. The van der Waals surface area contributed by atoms with Crippen LogP contribution in [0.1, 0.15) is 31.7 Å². The second-order valence-corrected chi connectivity index (χ2v) is 10.6. The maximum absolute atomic E-state index is 13.7. The van der Waals surface area contributed by atoms with Crippen molar-refractivity contribution < 1.29 is 14.4 Å². The maximum Gasteiger partial charge on any atom is 0.242 e. The number of benzene rings is 2. The summed E-state index contributed by atoms with van der Waals surface area (Å²) >= 11 is 1.40. The molecular weight excluding hydrogens is 497 g/mol. The van der Waals surface area contributed by atoms with Crippen molar-refractivity contribution in [3.63, 3.8) is 0 Å². The molecular formula is C28H31BN5O3S. The lowest BCUT2D eigenvalue weighted by Crippen LogP contribution is -2.35. The molecule has 0 spiro atoms. The zero-order valence-electron chi connectivity index (χ0n) is 21.8. The van der Waals surface area contributed by atoms with E-state index in [4.69, 9.17) is 0 Å². The highest BCUT2D eigenvalue weighted by atomic mass is 32.2. The van der Waals surface area contributed by atoms with Crippen molar-refractivity contribution in [2.75, 3.05) is 17.7 Å². The number of nitrogens with zero attached hydrogens (tertiary/aromatic N) is 5. The van der Waals surface area contributed by atoms with E-state index in [2.05, 4.69) is 30.6 Å². The highest BCUT2D eigenvalue weighted by Crippen LogP contribution is 2.41. The van der Waals surface area contributed by atoms with Gasteiger partial charge in [0.25, 0.3) is 0 Å². The molecule has 5 rings (SSSR count). The Labute approximate surface area is 228 Å². The number of anilines is 1. The van der Waals surface area contributed by atoms with Crippen LogP contribution in [0, 0.1) is 0 Å². The van der Waals surface area contributed by atoms with Gasteiger partial charge >= 0.3 is 0 Å². The van der Waals surface area contributed by atoms with Crippen molar-refractivity contribution in [2.24, 2.45) is 0 Å². The van der Waals surface area contributed by atoms with Crippen molar-refractivity contribution in [2.45, 2.75) is 57.2 Å². The van der Waals surface area contributed by atoms with E-state index in [0.717, 1.165) is 53.0 Å². The van der Waals surface area contributed by atoms with E-state index in [1.54, 1.807) is 4.90 Å². The summed E-state index contributed by atoms with van der Waals surface area (Å²) in [6.07, 6.45) is 4.64. The summed E-state index contributed by atoms with van der Waals surface area (Å²) in [6.45, 7) is 3.54. The van der Waals surface area contributed by atoms with Crippen molar-refractivity contribution in [1.82, 2.24) is 19.9 Å². The number of aromatic nitrogens is 3. The summed E-state index contributed by atoms with van der Waals surface area (Å²) in [5.74, 6) is -0.353. The van der Waals surface area contributed by atoms with E-state index in [1.807, 2.05) is 53.4 Å². The lowest BCUT2D eigenvalue weighted by molar-refractivity contribution is -0.138. The number of thioether (sulfide) groups is 1. The Hall–Kier alpha value is -3.40. The highest BCUT2D eigenvalue weighted by Gasteiger charge is 2.37. The summed E-state index contributed by atoms with van der Waals surface area (Å²) in [5.41, 5.74) is 5.43. The second-order valence-electron chi connectivity index (χ2n) is 9.57. The maximum atomic E-state index is 13.7. The number of carbonyl (C=O) groups is 3. The van der Waals surface area contributed by atoms with Crippen molar-refractivity contribution in [1.29, 1.82) is 0 Å². The van der Waals surface area contributed by atoms with Gasteiger partial charge in [0.1, 0.15) is 13.0 Å². The normalized spacial score (nSPS) is 16.5. The van der Waals surface area contributed by atoms with E-state index in [9.17, 15) is 14.4 Å². The molecule has 0 bridgehead atoms. The number of para-hydroxylation sites is 1.